The first kappa shape index (κ1) is 11.7. The van der Waals surface area contributed by atoms with Crippen molar-refractivity contribution >= 4 is 21.8 Å². The van der Waals surface area contributed by atoms with Gasteiger partial charge in [0.1, 0.15) is 5.69 Å². The molecule has 1 aliphatic rings. The van der Waals surface area contributed by atoms with Gasteiger partial charge in [0.05, 0.1) is 0 Å². The molecule has 2 rings (SSSR count). The number of aromatic amines is 1. The van der Waals surface area contributed by atoms with E-state index < -0.39 is 0 Å². The lowest BCUT2D eigenvalue weighted by Gasteiger charge is -2.31. The summed E-state index contributed by atoms with van der Waals surface area (Å²) in [5.74, 6) is 0.836. The lowest BCUT2D eigenvalue weighted by molar-refractivity contribution is 0.0701. The van der Waals surface area contributed by atoms with Crippen molar-refractivity contribution in [3.63, 3.8) is 0 Å². The number of hydrogen-bond donors (Lipinski definition) is 1. The first-order valence-electron chi connectivity index (χ1n) is 5.84. The van der Waals surface area contributed by atoms with Gasteiger partial charge in [-0.05, 0) is 47.7 Å². The third-order valence-corrected chi connectivity index (χ3v) is 3.71. The Morgan fingerprint density at radius 1 is 1.62 bits per heavy atom. The number of aromatic nitrogens is 1. The van der Waals surface area contributed by atoms with Crippen LogP contribution < -0.4 is 0 Å². The van der Waals surface area contributed by atoms with Crippen molar-refractivity contribution in [3.8, 4) is 0 Å². The average molecular weight is 285 g/mol. The van der Waals surface area contributed by atoms with Crippen LogP contribution >= 0.6 is 15.9 Å². The molecule has 0 radical (unpaired) electrons. The summed E-state index contributed by atoms with van der Waals surface area (Å²) in [5, 5.41) is 0. The van der Waals surface area contributed by atoms with Crippen LogP contribution in [0.4, 0.5) is 0 Å². The van der Waals surface area contributed by atoms with Crippen molar-refractivity contribution in [2.75, 3.05) is 13.1 Å². The zero-order valence-electron chi connectivity index (χ0n) is 9.50. The highest BCUT2D eigenvalue weighted by atomic mass is 79.9. The van der Waals surface area contributed by atoms with E-state index in [0.717, 1.165) is 23.5 Å². The van der Waals surface area contributed by atoms with Crippen LogP contribution in [0.3, 0.4) is 0 Å². The number of nitrogens with one attached hydrogen (secondary N) is 1. The number of carbonyl (C=O) groups is 1. The number of halogens is 1. The van der Waals surface area contributed by atoms with E-state index in [1.54, 1.807) is 6.20 Å². The van der Waals surface area contributed by atoms with Crippen molar-refractivity contribution in [1.29, 1.82) is 0 Å². The van der Waals surface area contributed by atoms with Crippen molar-refractivity contribution in [1.82, 2.24) is 9.88 Å². The molecule has 1 fully saturated rings. The summed E-state index contributed by atoms with van der Waals surface area (Å²) in [6.45, 7) is 3.73. The van der Waals surface area contributed by atoms with Gasteiger partial charge in [-0.1, -0.05) is 6.42 Å². The maximum atomic E-state index is 12.1. The topological polar surface area (TPSA) is 36.1 Å². The highest BCUT2D eigenvalue weighted by Crippen LogP contribution is 2.27. The number of H-pyrrole nitrogens is 1. The number of nitrogens with zero attached hydrogens (tertiary/aromatic N) is 1. The fourth-order valence-corrected chi connectivity index (χ4v) is 2.35. The molecule has 0 bridgehead atoms. The Morgan fingerprint density at radius 2 is 2.38 bits per heavy atom. The Balaban J connectivity index is 1.99. The molecule has 0 unspecified atom stereocenters. The van der Waals surface area contributed by atoms with Gasteiger partial charge in [0.25, 0.3) is 5.91 Å². The number of carbonyl (C=O) groups excluding carboxylic acids is 1. The highest BCUT2D eigenvalue weighted by Gasteiger charge is 2.23. The number of hydrogen-bond acceptors (Lipinski definition) is 1. The van der Waals surface area contributed by atoms with Gasteiger partial charge >= 0.3 is 0 Å². The zero-order valence-corrected chi connectivity index (χ0v) is 11.1. The van der Waals surface area contributed by atoms with Gasteiger partial charge in [0.2, 0.25) is 0 Å². The summed E-state index contributed by atoms with van der Waals surface area (Å²) >= 11 is 3.35. The monoisotopic (exact) mass is 284 g/mol. The van der Waals surface area contributed by atoms with Gasteiger partial charge < -0.3 is 9.88 Å². The largest absolute Gasteiger partial charge is 0.356 e. The van der Waals surface area contributed by atoms with Crippen LogP contribution in [0.2, 0.25) is 0 Å². The third-order valence-electron chi connectivity index (χ3n) is 3.25. The molecule has 16 heavy (non-hydrogen) atoms. The second-order valence-corrected chi connectivity index (χ2v) is 5.29. The van der Waals surface area contributed by atoms with Crippen molar-refractivity contribution < 1.29 is 4.79 Å². The average Bonchev–Trinajstić information content (AvgIpc) is 2.63. The highest BCUT2D eigenvalue weighted by molar-refractivity contribution is 9.10. The predicted octanol–water partition coefficient (Wildman–Crippen LogP) is 3.04. The van der Waals surface area contributed by atoms with E-state index in [0.29, 0.717) is 5.69 Å². The van der Waals surface area contributed by atoms with E-state index in [9.17, 15) is 4.79 Å². The molecule has 0 saturated heterocycles. The molecule has 1 amide bonds. The van der Waals surface area contributed by atoms with E-state index in [1.807, 2.05) is 17.9 Å². The minimum Gasteiger partial charge on any atom is -0.356 e. The minimum atomic E-state index is 0.111. The molecular weight excluding hydrogens is 268 g/mol. The quantitative estimate of drug-likeness (QED) is 0.907. The number of amides is 1. The summed E-state index contributed by atoms with van der Waals surface area (Å²) in [4.78, 5) is 17.1. The predicted molar refractivity (Wildman–Crippen MR) is 67.4 cm³/mol. The van der Waals surface area contributed by atoms with Gasteiger partial charge in [-0.15, -0.1) is 0 Å². The summed E-state index contributed by atoms with van der Waals surface area (Å²) in [5.41, 5.74) is 0.674. The van der Waals surface area contributed by atoms with E-state index >= 15 is 0 Å². The van der Waals surface area contributed by atoms with Gasteiger partial charge in [-0.25, -0.2) is 0 Å². The summed E-state index contributed by atoms with van der Waals surface area (Å²) in [7, 11) is 0. The molecule has 3 nitrogen and oxygen atoms in total. The van der Waals surface area contributed by atoms with Gasteiger partial charge in [-0.2, -0.15) is 0 Å². The molecule has 1 N–H and O–H groups in total. The third kappa shape index (κ3) is 2.48. The van der Waals surface area contributed by atoms with Crippen molar-refractivity contribution in [2.45, 2.75) is 26.2 Å². The summed E-state index contributed by atoms with van der Waals surface area (Å²) in [6, 6.07) is 1.84. The molecule has 1 heterocycles. The Bertz CT molecular complexity index is 371. The Morgan fingerprint density at radius 3 is 2.81 bits per heavy atom. The van der Waals surface area contributed by atoms with Crippen LogP contribution in [0.25, 0.3) is 0 Å². The second kappa shape index (κ2) is 5.04. The number of rotatable bonds is 4. The van der Waals surface area contributed by atoms with Gasteiger partial charge in [0.15, 0.2) is 0 Å². The maximum absolute atomic E-state index is 12.1. The molecule has 1 aliphatic carbocycles. The van der Waals surface area contributed by atoms with E-state index in [2.05, 4.69) is 20.9 Å². The molecule has 0 atom stereocenters. The van der Waals surface area contributed by atoms with Gasteiger partial charge in [0, 0.05) is 23.8 Å². The fourth-order valence-electron chi connectivity index (χ4n) is 2.00. The molecule has 0 spiro atoms. The zero-order chi connectivity index (χ0) is 11.5. The lowest BCUT2D eigenvalue weighted by atomic mass is 9.85. The van der Waals surface area contributed by atoms with E-state index in [-0.39, 0.29) is 5.91 Å². The van der Waals surface area contributed by atoms with Crippen LogP contribution in [-0.2, 0) is 0 Å². The molecule has 4 heteroatoms. The normalized spacial score (nSPS) is 15.9. The molecule has 88 valence electrons. The van der Waals surface area contributed by atoms with Crippen molar-refractivity contribution in [2.24, 2.45) is 5.92 Å². The fraction of sp³-hybridized carbons (Fsp3) is 0.583. The molecule has 0 aromatic carbocycles. The standard InChI is InChI=1S/C12H17BrN2O/c1-2-15(8-9-4-3-5-9)12(16)11-6-10(13)7-14-11/h6-7,9,14H,2-5,8H2,1H3. The summed E-state index contributed by atoms with van der Waals surface area (Å²) < 4.78 is 0.926. The molecule has 1 aromatic rings. The van der Waals surface area contributed by atoms with E-state index in [1.165, 1.54) is 19.3 Å². The Kier molecular flexibility index (Phi) is 3.69. The van der Waals surface area contributed by atoms with Gasteiger partial charge in [-0.3, -0.25) is 4.79 Å². The summed E-state index contributed by atoms with van der Waals surface area (Å²) in [6.07, 6.45) is 5.67. The lowest BCUT2D eigenvalue weighted by Crippen LogP contribution is -2.37. The molecular formula is C12H17BrN2O. The van der Waals surface area contributed by atoms with Crippen LogP contribution in [0.5, 0.6) is 0 Å². The van der Waals surface area contributed by atoms with Crippen molar-refractivity contribution in [3.05, 3.63) is 22.4 Å². The first-order valence-corrected chi connectivity index (χ1v) is 6.63. The van der Waals surface area contributed by atoms with Crippen LogP contribution in [0, 0.1) is 5.92 Å². The minimum absolute atomic E-state index is 0.111. The Hall–Kier alpha value is -0.770. The maximum Gasteiger partial charge on any atom is 0.270 e. The smallest absolute Gasteiger partial charge is 0.270 e. The SMILES string of the molecule is CCN(CC1CCC1)C(=O)c1cc(Br)c[nH]1. The second-order valence-electron chi connectivity index (χ2n) is 4.37. The molecule has 1 aromatic heterocycles. The molecule has 0 aliphatic heterocycles. The van der Waals surface area contributed by atoms with E-state index in [4.69, 9.17) is 0 Å². The van der Waals surface area contributed by atoms with Crippen LogP contribution in [-0.4, -0.2) is 28.9 Å². The van der Waals surface area contributed by atoms with Crippen LogP contribution in [0.15, 0.2) is 16.7 Å². The molecule has 1 saturated carbocycles. The van der Waals surface area contributed by atoms with Crippen LogP contribution in [0.1, 0.15) is 36.7 Å². The first-order chi connectivity index (χ1) is 7.70. The Labute approximate surface area is 104 Å².